The molecule has 1 aromatic rings. The minimum atomic E-state index is 0.282. The van der Waals surface area contributed by atoms with Crippen LogP contribution in [0.3, 0.4) is 0 Å². The van der Waals surface area contributed by atoms with Crippen molar-refractivity contribution in [3.8, 4) is 0 Å². The van der Waals surface area contributed by atoms with E-state index in [9.17, 15) is 4.79 Å². The molecule has 0 spiro atoms. The Balaban J connectivity index is 1.50. The second-order valence-electron chi connectivity index (χ2n) is 6.15. The molecule has 1 heterocycles. The summed E-state index contributed by atoms with van der Waals surface area (Å²) in [5, 5.41) is 3.32. The fraction of sp³-hybridized carbons (Fsp3) is 0.588. The summed E-state index contributed by atoms with van der Waals surface area (Å²) < 4.78 is 0. The smallest absolute Gasteiger partial charge is 0.236 e. The molecular formula is C17H24N2O. The molecule has 1 aromatic carbocycles. The number of carbonyl (C=O) groups excluding carboxylic acids is 1. The van der Waals surface area contributed by atoms with E-state index >= 15 is 0 Å². The Labute approximate surface area is 121 Å². The summed E-state index contributed by atoms with van der Waals surface area (Å²) in [5.74, 6) is 1.12. The van der Waals surface area contributed by atoms with Gasteiger partial charge in [0, 0.05) is 12.6 Å². The van der Waals surface area contributed by atoms with Crippen LogP contribution in [0.5, 0.6) is 0 Å². The number of hydrogen-bond donors (Lipinski definition) is 1. The highest BCUT2D eigenvalue weighted by atomic mass is 16.2. The summed E-state index contributed by atoms with van der Waals surface area (Å²) >= 11 is 0. The van der Waals surface area contributed by atoms with Crippen molar-refractivity contribution in [1.82, 2.24) is 10.2 Å². The van der Waals surface area contributed by atoms with E-state index in [4.69, 9.17) is 0 Å². The number of benzene rings is 1. The fourth-order valence-electron chi connectivity index (χ4n) is 3.07. The number of rotatable bonds is 6. The third-order valence-corrected chi connectivity index (χ3v) is 4.42. The van der Waals surface area contributed by atoms with Crippen molar-refractivity contribution in [2.24, 2.45) is 5.92 Å². The van der Waals surface area contributed by atoms with Gasteiger partial charge in [-0.25, -0.2) is 0 Å². The molecule has 1 saturated heterocycles. The maximum atomic E-state index is 12.3. The van der Waals surface area contributed by atoms with Gasteiger partial charge in [0.2, 0.25) is 5.91 Å². The van der Waals surface area contributed by atoms with Crippen LogP contribution in [-0.2, 0) is 11.2 Å². The molecule has 2 aliphatic rings. The van der Waals surface area contributed by atoms with E-state index in [1.54, 1.807) is 0 Å². The first-order valence-electron chi connectivity index (χ1n) is 7.87. The zero-order chi connectivity index (χ0) is 13.8. The van der Waals surface area contributed by atoms with E-state index in [0.717, 1.165) is 38.3 Å². The molecule has 1 amide bonds. The van der Waals surface area contributed by atoms with Gasteiger partial charge in [0.05, 0.1) is 6.54 Å². The Kier molecular flexibility index (Phi) is 4.36. The lowest BCUT2D eigenvalue weighted by atomic mass is 10.0. The summed E-state index contributed by atoms with van der Waals surface area (Å²) in [7, 11) is 0. The van der Waals surface area contributed by atoms with Gasteiger partial charge >= 0.3 is 0 Å². The molecule has 3 rings (SSSR count). The maximum Gasteiger partial charge on any atom is 0.236 e. The molecule has 1 atom stereocenters. The lowest BCUT2D eigenvalue weighted by molar-refractivity contribution is -0.131. The molecular weight excluding hydrogens is 248 g/mol. The van der Waals surface area contributed by atoms with Crippen molar-refractivity contribution >= 4 is 5.91 Å². The summed E-state index contributed by atoms with van der Waals surface area (Å²) in [6.45, 7) is 2.46. The molecule has 3 heteroatoms. The molecule has 0 aromatic heterocycles. The number of carbonyl (C=O) groups is 1. The van der Waals surface area contributed by atoms with Gasteiger partial charge in [-0.15, -0.1) is 0 Å². The molecule has 2 fully saturated rings. The predicted octanol–water partition coefficient (Wildman–Crippen LogP) is 2.22. The Morgan fingerprint density at radius 3 is 2.75 bits per heavy atom. The number of amides is 1. The number of likely N-dealkylation sites (tertiary alicyclic amines) is 1. The Morgan fingerprint density at radius 1 is 1.20 bits per heavy atom. The van der Waals surface area contributed by atoms with Crippen LogP contribution in [-0.4, -0.2) is 36.5 Å². The second kappa shape index (κ2) is 6.40. The average molecular weight is 272 g/mol. The maximum absolute atomic E-state index is 12.3. The number of nitrogens with zero attached hydrogens (tertiary/aromatic N) is 1. The summed E-state index contributed by atoms with van der Waals surface area (Å²) in [4.78, 5) is 14.4. The van der Waals surface area contributed by atoms with Gasteiger partial charge < -0.3 is 10.2 Å². The van der Waals surface area contributed by atoms with Crippen LogP contribution in [0, 0.1) is 5.92 Å². The highest BCUT2D eigenvalue weighted by Gasteiger charge is 2.28. The molecule has 0 bridgehead atoms. The molecule has 1 aliphatic carbocycles. The zero-order valence-corrected chi connectivity index (χ0v) is 12.1. The third kappa shape index (κ3) is 3.60. The van der Waals surface area contributed by atoms with Crippen molar-refractivity contribution in [1.29, 1.82) is 0 Å². The Morgan fingerprint density at radius 2 is 2.00 bits per heavy atom. The molecule has 20 heavy (non-hydrogen) atoms. The van der Waals surface area contributed by atoms with Crippen LogP contribution < -0.4 is 5.32 Å². The minimum Gasteiger partial charge on any atom is -0.338 e. The van der Waals surface area contributed by atoms with Crippen molar-refractivity contribution < 1.29 is 4.79 Å². The first-order chi connectivity index (χ1) is 9.83. The van der Waals surface area contributed by atoms with Gasteiger partial charge in [0.25, 0.3) is 0 Å². The standard InChI is InChI=1S/C17H24N2O/c20-17(13-18-12-15-8-9-15)19-10-4-7-16(19)11-14-5-2-1-3-6-14/h1-3,5-6,15-16,18H,4,7-13H2. The van der Waals surface area contributed by atoms with E-state index < -0.39 is 0 Å². The van der Waals surface area contributed by atoms with E-state index in [0.29, 0.717) is 12.6 Å². The monoisotopic (exact) mass is 272 g/mol. The van der Waals surface area contributed by atoms with E-state index in [1.165, 1.54) is 18.4 Å². The molecule has 1 saturated carbocycles. The van der Waals surface area contributed by atoms with Gasteiger partial charge in [-0.05, 0) is 50.1 Å². The van der Waals surface area contributed by atoms with E-state index in [1.807, 2.05) is 6.07 Å². The van der Waals surface area contributed by atoms with Crippen LogP contribution in [0.25, 0.3) is 0 Å². The summed E-state index contributed by atoms with van der Waals surface area (Å²) in [6.07, 6.45) is 5.95. The van der Waals surface area contributed by atoms with Crippen molar-refractivity contribution in [2.45, 2.75) is 38.1 Å². The molecule has 108 valence electrons. The van der Waals surface area contributed by atoms with Crippen LogP contribution in [0.15, 0.2) is 30.3 Å². The Hall–Kier alpha value is -1.35. The average Bonchev–Trinajstić information content (AvgIpc) is 3.17. The molecule has 1 N–H and O–H groups in total. The van der Waals surface area contributed by atoms with Crippen LogP contribution in [0.4, 0.5) is 0 Å². The van der Waals surface area contributed by atoms with Gasteiger partial charge in [0.15, 0.2) is 0 Å². The predicted molar refractivity (Wildman–Crippen MR) is 80.5 cm³/mol. The van der Waals surface area contributed by atoms with E-state index in [-0.39, 0.29) is 5.91 Å². The van der Waals surface area contributed by atoms with Crippen molar-refractivity contribution in [3.05, 3.63) is 35.9 Å². The highest BCUT2D eigenvalue weighted by Crippen LogP contribution is 2.27. The van der Waals surface area contributed by atoms with Crippen LogP contribution in [0.1, 0.15) is 31.2 Å². The fourth-order valence-corrected chi connectivity index (χ4v) is 3.07. The minimum absolute atomic E-state index is 0.282. The van der Waals surface area contributed by atoms with Gasteiger partial charge in [-0.3, -0.25) is 4.79 Å². The number of nitrogens with one attached hydrogen (secondary N) is 1. The SMILES string of the molecule is O=C(CNCC1CC1)N1CCCC1Cc1ccccc1. The van der Waals surface area contributed by atoms with Crippen LogP contribution in [0.2, 0.25) is 0 Å². The summed E-state index contributed by atoms with van der Waals surface area (Å²) in [5.41, 5.74) is 1.34. The van der Waals surface area contributed by atoms with Crippen molar-refractivity contribution in [3.63, 3.8) is 0 Å². The van der Waals surface area contributed by atoms with Crippen molar-refractivity contribution in [2.75, 3.05) is 19.6 Å². The van der Waals surface area contributed by atoms with Gasteiger partial charge in [0.1, 0.15) is 0 Å². The molecule has 1 unspecified atom stereocenters. The zero-order valence-electron chi connectivity index (χ0n) is 12.1. The Bertz CT molecular complexity index is 442. The highest BCUT2D eigenvalue weighted by molar-refractivity contribution is 5.78. The quantitative estimate of drug-likeness (QED) is 0.861. The lowest BCUT2D eigenvalue weighted by Gasteiger charge is -2.25. The first kappa shape index (κ1) is 13.6. The number of hydrogen-bond acceptors (Lipinski definition) is 2. The van der Waals surface area contributed by atoms with Gasteiger partial charge in [-0.2, -0.15) is 0 Å². The molecule has 3 nitrogen and oxygen atoms in total. The largest absolute Gasteiger partial charge is 0.338 e. The topological polar surface area (TPSA) is 32.3 Å². The molecule has 0 radical (unpaired) electrons. The lowest BCUT2D eigenvalue weighted by Crippen LogP contribution is -2.42. The normalized spacial score (nSPS) is 22.2. The second-order valence-corrected chi connectivity index (χ2v) is 6.15. The summed E-state index contributed by atoms with van der Waals surface area (Å²) in [6, 6.07) is 10.9. The third-order valence-electron chi connectivity index (χ3n) is 4.42. The van der Waals surface area contributed by atoms with E-state index in [2.05, 4.69) is 34.5 Å². The first-order valence-corrected chi connectivity index (χ1v) is 7.87. The van der Waals surface area contributed by atoms with Gasteiger partial charge in [-0.1, -0.05) is 30.3 Å². The molecule has 1 aliphatic heterocycles. The van der Waals surface area contributed by atoms with Crippen LogP contribution >= 0.6 is 0 Å².